The molecule has 0 nitrogen and oxygen atoms in total. The molecule has 0 atom stereocenters. The molecule has 0 amide bonds. The van der Waals surface area contributed by atoms with Crippen LogP contribution in [-0.2, 0) is 0 Å². The lowest BCUT2D eigenvalue weighted by Crippen LogP contribution is -1.85. The topological polar surface area (TPSA) is 0 Å². The van der Waals surface area contributed by atoms with E-state index >= 15 is 0 Å². The maximum Gasteiger partial charge on any atom is 0.0623 e. The smallest absolute Gasteiger partial charge is 0.0620 e. The van der Waals surface area contributed by atoms with E-state index in [9.17, 15) is 0 Å². The second-order valence-electron chi connectivity index (χ2n) is 3.48. The van der Waals surface area contributed by atoms with E-state index in [0.717, 1.165) is 22.3 Å². The number of rotatable bonds is 1. The van der Waals surface area contributed by atoms with Crippen LogP contribution in [-0.4, -0.2) is 0 Å². The zero-order valence-electron chi connectivity index (χ0n) is 10.5. The average Bonchev–Trinajstić information content (AvgIpc) is 2.19. The highest BCUT2D eigenvalue weighted by Crippen LogP contribution is 2.25. The quantitative estimate of drug-likeness (QED) is 0.629. The molecule has 0 heteroatoms. The van der Waals surface area contributed by atoms with Crippen LogP contribution in [0.3, 0.4) is 0 Å². The van der Waals surface area contributed by atoms with Gasteiger partial charge in [0.1, 0.15) is 0 Å². The minimum Gasteiger partial charge on any atom is -0.0620 e. The molecule has 0 radical (unpaired) electrons. The van der Waals surface area contributed by atoms with Crippen molar-refractivity contribution in [2.24, 2.45) is 0 Å². The molecule has 0 saturated heterocycles. The van der Waals surface area contributed by atoms with Gasteiger partial charge in [0.2, 0.25) is 0 Å². The highest BCUT2D eigenvalue weighted by Gasteiger charge is 2.02. The van der Waals surface area contributed by atoms with Crippen LogP contribution in [0.15, 0.2) is 48.5 Å². The SMILES string of the molecule is [2H]c1ccc(-c2ccc([2H])cc2C)c(C)c1. The van der Waals surface area contributed by atoms with Gasteiger partial charge in [-0.05, 0) is 36.1 Å². The lowest BCUT2D eigenvalue weighted by molar-refractivity contribution is 1.41. The molecule has 14 heavy (non-hydrogen) atoms. The molecule has 0 fully saturated rings. The fraction of sp³-hybridized carbons (Fsp3) is 0.143. The van der Waals surface area contributed by atoms with Gasteiger partial charge in [-0.3, -0.25) is 0 Å². The summed E-state index contributed by atoms with van der Waals surface area (Å²) in [5, 5.41) is 0. The summed E-state index contributed by atoms with van der Waals surface area (Å²) in [6.07, 6.45) is 0. The lowest BCUT2D eigenvalue weighted by atomic mass is 9.97. The van der Waals surface area contributed by atoms with Crippen LogP contribution < -0.4 is 0 Å². The summed E-state index contributed by atoms with van der Waals surface area (Å²) in [5.41, 5.74) is 4.50. The minimum absolute atomic E-state index is 0.538. The van der Waals surface area contributed by atoms with Crippen molar-refractivity contribution in [2.75, 3.05) is 0 Å². The van der Waals surface area contributed by atoms with E-state index in [1.165, 1.54) is 0 Å². The lowest BCUT2D eigenvalue weighted by Gasteiger charge is -2.08. The molecule has 0 N–H and O–H groups in total. The Morgan fingerprint density at radius 3 is 1.57 bits per heavy atom. The Morgan fingerprint density at radius 2 is 1.21 bits per heavy atom. The summed E-state index contributed by atoms with van der Waals surface area (Å²) in [4.78, 5) is 0. The van der Waals surface area contributed by atoms with Crippen LogP contribution in [0, 0.1) is 13.8 Å². The Morgan fingerprint density at radius 1 is 0.786 bits per heavy atom. The van der Waals surface area contributed by atoms with Gasteiger partial charge >= 0.3 is 0 Å². The van der Waals surface area contributed by atoms with Crippen molar-refractivity contribution < 1.29 is 2.74 Å². The van der Waals surface area contributed by atoms with Crippen molar-refractivity contribution in [3.8, 4) is 11.1 Å². The number of benzene rings is 2. The van der Waals surface area contributed by atoms with E-state index < -0.39 is 0 Å². The third-order valence-electron chi connectivity index (χ3n) is 2.43. The van der Waals surface area contributed by atoms with Crippen LogP contribution >= 0.6 is 0 Å². The molecule has 2 aromatic carbocycles. The van der Waals surface area contributed by atoms with Gasteiger partial charge in [-0.15, -0.1) is 0 Å². The van der Waals surface area contributed by atoms with Gasteiger partial charge in [-0.1, -0.05) is 48.5 Å². The summed E-state index contributed by atoms with van der Waals surface area (Å²) in [6, 6.07) is 12.4. The Labute approximate surface area is 88.0 Å². The van der Waals surface area contributed by atoms with E-state index in [-0.39, 0.29) is 0 Å². The van der Waals surface area contributed by atoms with Crippen molar-refractivity contribution in [1.82, 2.24) is 0 Å². The Balaban J connectivity index is 2.59. The second kappa shape index (κ2) is 3.67. The predicted molar refractivity (Wildman–Crippen MR) is 61.4 cm³/mol. The first-order valence-electron chi connectivity index (χ1n) is 5.73. The first kappa shape index (κ1) is 6.83. The maximum atomic E-state index is 7.55. The molecular weight excluding hydrogens is 168 g/mol. The second-order valence-corrected chi connectivity index (χ2v) is 3.48. The van der Waals surface area contributed by atoms with Crippen LogP contribution in [0.1, 0.15) is 13.9 Å². The summed E-state index contributed by atoms with van der Waals surface area (Å²) in [6.45, 7) is 4.03. The average molecular weight is 184 g/mol. The van der Waals surface area contributed by atoms with Crippen molar-refractivity contribution >= 4 is 0 Å². The Hall–Kier alpha value is -1.56. The summed E-state index contributed by atoms with van der Waals surface area (Å²) >= 11 is 0. The highest BCUT2D eigenvalue weighted by atomic mass is 14.1. The summed E-state index contributed by atoms with van der Waals surface area (Å²) in [7, 11) is 0. The van der Waals surface area contributed by atoms with Gasteiger partial charge in [0.05, 0.1) is 2.74 Å². The standard InChI is InChI=1S/C14H14/c1-11-7-3-5-9-13(11)14-10-6-4-8-12(14)2/h3-10H,1-2H3/i3D,4D. The molecule has 0 aliphatic carbocycles. The number of hydrogen-bond donors (Lipinski definition) is 0. The van der Waals surface area contributed by atoms with E-state index in [1.54, 1.807) is 12.1 Å². The highest BCUT2D eigenvalue weighted by molar-refractivity contribution is 5.70. The van der Waals surface area contributed by atoms with Gasteiger partial charge in [-0.2, -0.15) is 0 Å². The molecular formula is C14H14. The van der Waals surface area contributed by atoms with Crippen LogP contribution in [0.25, 0.3) is 11.1 Å². The van der Waals surface area contributed by atoms with Crippen molar-refractivity contribution in [3.63, 3.8) is 0 Å². The van der Waals surface area contributed by atoms with Crippen molar-refractivity contribution in [1.29, 1.82) is 0 Å². The van der Waals surface area contributed by atoms with Crippen LogP contribution in [0.2, 0.25) is 0 Å². The molecule has 0 saturated carbocycles. The minimum atomic E-state index is 0.538. The zero-order valence-corrected chi connectivity index (χ0v) is 8.46. The molecule has 70 valence electrons. The Kier molecular flexibility index (Phi) is 1.79. The van der Waals surface area contributed by atoms with Gasteiger partial charge < -0.3 is 0 Å². The van der Waals surface area contributed by atoms with E-state index in [1.807, 2.05) is 38.1 Å². The zero-order chi connectivity index (χ0) is 11.7. The molecule has 2 rings (SSSR count). The molecule has 0 aromatic heterocycles. The monoisotopic (exact) mass is 184 g/mol. The molecule has 0 spiro atoms. The molecule has 0 aliphatic heterocycles. The summed E-state index contributed by atoms with van der Waals surface area (Å²) in [5.74, 6) is 0. The van der Waals surface area contributed by atoms with E-state index in [2.05, 4.69) is 0 Å². The molecule has 0 bridgehead atoms. The Bertz CT molecular complexity index is 481. The fourth-order valence-electron chi connectivity index (χ4n) is 1.63. The first-order valence-corrected chi connectivity index (χ1v) is 4.73. The fourth-order valence-corrected chi connectivity index (χ4v) is 1.63. The van der Waals surface area contributed by atoms with Gasteiger partial charge in [0, 0.05) is 0 Å². The first-order chi connectivity index (χ1) is 7.58. The maximum absolute atomic E-state index is 7.55. The van der Waals surface area contributed by atoms with Crippen LogP contribution in [0.5, 0.6) is 0 Å². The molecule has 0 heterocycles. The normalized spacial score (nSPS) is 12.1. The van der Waals surface area contributed by atoms with Crippen LogP contribution in [0.4, 0.5) is 0 Å². The largest absolute Gasteiger partial charge is 0.0623 e. The molecule has 0 aliphatic rings. The van der Waals surface area contributed by atoms with Gasteiger partial charge in [0.15, 0.2) is 0 Å². The van der Waals surface area contributed by atoms with Gasteiger partial charge in [0.25, 0.3) is 0 Å². The van der Waals surface area contributed by atoms with E-state index in [4.69, 9.17) is 2.74 Å². The predicted octanol–water partition coefficient (Wildman–Crippen LogP) is 3.97. The number of aryl methyl sites for hydroxylation is 2. The van der Waals surface area contributed by atoms with E-state index in [0.29, 0.717) is 12.1 Å². The van der Waals surface area contributed by atoms with Crippen molar-refractivity contribution in [2.45, 2.75) is 13.8 Å². The van der Waals surface area contributed by atoms with Gasteiger partial charge in [-0.25, -0.2) is 0 Å². The third-order valence-corrected chi connectivity index (χ3v) is 2.43. The summed E-state index contributed by atoms with van der Waals surface area (Å²) < 4.78 is 15.1. The molecule has 2 aromatic rings. The van der Waals surface area contributed by atoms with Crippen molar-refractivity contribution in [3.05, 3.63) is 59.6 Å². The number of hydrogen-bond acceptors (Lipinski definition) is 0. The third kappa shape index (κ3) is 1.56. The molecule has 0 unspecified atom stereocenters.